The predicted octanol–water partition coefficient (Wildman–Crippen LogP) is 8.08. The minimum Gasteiger partial charge on any atom is -0.469 e. The highest BCUT2D eigenvalue weighted by molar-refractivity contribution is 6.07. The molecule has 3 amide bonds. The summed E-state index contributed by atoms with van der Waals surface area (Å²) in [7, 11) is 1.54. The molecule has 14 heteroatoms. The van der Waals surface area contributed by atoms with E-state index in [2.05, 4.69) is 45.2 Å². The van der Waals surface area contributed by atoms with Crippen molar-refractivity contribution in [2.45, 2.75) is 70.5 Å². The van der Waals surface area contributed by atoms with Crippen molar-refractivity contribution >= 4 is 34.5 Å². The Balaban J connectivity index is 1.05. The first kappa shape index (κ1) is 38.6. The first-order valence-corrected chi connectivity index (χ1v) is 21.3. The molecule has 0 saturated heterocycles. The smallest absolute Gasteiger partial charge is 0.410 e. The molecule has 0 saturated carbocycles. The van der Waals surface area contributed by atoms with Gasteiger partial charge >= 0.3 is 6.09 Å². The first-order chi connectivity index (χ1) is 30.5. The summed E-state index contributed by atoms with van der Waals surface area (Å²) in [6, 6.07) is 24.9. The molecule has 0 aliphatic carbocycles. The third-order valence-corrected chi connectivity index (χ3v) is 13.0. The van der Waals surface area contributed by atoms with Crippen LogP contribution in [0.3, 0.4) is 0 Å². The van der Waals surface area contributed by atoms with Crippen molar-refractivity contribution < 1.29 is 32.7 Å². The van der Waals surface area contributed by atoms with Gasteiger partial charge in [0.15, 0.2) is 23.4 Å². The van der Waals surface area contributed by atoms with Gasteiger partial charge in [-0.3, -0.25) is 14.5 Å². The van der Waals surface area contributed by atoms with E-state index in [0.29, 0.717) is 23.0 Å². The quantitative estimate of drug-likeness (QED) is 0.123. The van der Waals surface area contributed by atoms with Gasteiger partial charge in [0.1, 0.15) is 35.9 Å². The molecule has 1 spiro atoms. The molecule has 14 nitrogen and oxygen atoms in total. The van der Waals surface area contributed by atoms with Crippen LogP contribution < -0.4 is 20.7 Å². The van der Waals surface area contributed by atoms with E-state index in [4.69, 9.17) is 28.3 Å². The maximum atomic E-state index is 14.7. The second-order valence-corrected chi connectivity index (χ2v) is 17.5. The summed E-state index contributed by atoms with van der Waals surface area (Å²) in [6.07, 6.45) is 2.44. The van der Waals surface area contributed by atoms with Gasteiger partial charge in [0.05, 0.1) is 6.20 Å². The number of fused-ring (bicyclic) bond motifs is 7. The fourth-order valence-corrected chi connectivity index (χ4v) is 9.98. The molecule has 2 unspecified atom stereocenters. The predicted molar refractivity (Wildman–Crippen MR) is 233 cm³/mol. The lowest BCUT2D eigenvalue weighted by molar-refractivity contribution is -0.133. The average molecular weight is 844 g/mol. The summed E-state index contributed by atoms with van der Waals surface area (Å²) >= 11 is 0. The largest absolute Gasteiger partial charge is 0.469 e. The van der Waals surface area contributed by atoms with Crippen LogP contribution in [0.4, 0.5) is 10.5 Å². The SMILES string of the molecule is CC(C)[C@@H]1NC(=O)[C@@H](NC(=O)[C@H](C(C)C)N(C)C(=O)OCc2ccccc2)Cc2ccc3c(c2)C24c5cccc(c5NC2O3)-c2cccc3[nH]cc(c23)-c2cnc(o2)-c2nc1oc24. The summed E-state index contributed by atoms with van der Waals surface area (Å²) in [5.74, 6) is 0.683. The fraction of sp³-hybridized carbons (Fsp3) is 0.286. The van der Waals surface area contributed by atoms with Crippen molar-refractivity contribution in [3.63, 3.8) is 0 Å². The number of hydrogen-bond acceptors (Lipinski definition) is 10. The van der Waals surface area contributed by atoms with Crippen molar-refractivity contribution in [1.82, 2.24) is 30.5 Å². The highest BCUT2D eigenvalue weighted by Gasteiger charge is 2.61. The highest BCUT2D eigenvalue weighted by atomic mass is 16.6. The zero-order valence-electron chi connectivity index (χ0n) is 35.3. The van der Waals surface area contributed by atoms with Crippen LogP contribution in [0.2, 0.25) is 0 Å². The number of para-hydroxylation sites is 1. The van der Waals surface area contributed by atoms with E-state index in [0.717, 1.165) is 55.5 Å². The Morgan fingerprint density at radius 3 is 2.56 bits per heavy atom. The zero-order chi connectivity index (χ0) is 43.3. The number of benzene rings is 4. The number of anilines is 1. The topological polar surface area (TPSA) is 177 Å². The Kier molecular flexibility index (Phi) is 8.79. The second kappa shape index (κ2) is 14.4. The molecule has 4 aliphatic rings. The molecule has 0 fully saturated rings. The van der Waals surface area contributed by atoms with E-state index in [9.17, 15) is 14.4 Å². The third-order valence-electron chi connectivity index (χ3n) is 13.0. The van der Waals surface area contributed by atoms with Crippen LogP contribution in [0.5, 0.6) is 5.75 Å². The number of hydrogen-bond donors (Lipinski definition) is 4. The van der Waals surface area contributed by atoms with Gasteiger partial charge in [-0.05, 0) is 40.7 Å². The molecule has 318 valence electrons. The van der Waals surface area contributed by atoms with Gasteiger partial charge < -0.3 is 39.2 Å². The average Bonchev–Trinajstić information content (AvgIpc) is 4.11. The van der Waals surface area contributed by atoms with E-state index < -0.39 is 47.7 Å². The molecule has 63 heavy (non-hydrogen) atoms. The maximum Gasteiger partial charge on any atom is 0.410 e. The number of carbonyl (C=O) groups is 3. The molecule has 3 aromatic heterocycles. The molecule has 10 bridgehead atoms. The van der Waals surface area contributed by atoms with Crippen molar-refractivity contribution in [3.05, 3.63) is 131 Å². The van der Waals surface area contributed by atoms with Crippen LogP contribution in [0.25, 0.3) is 44.9 Å². The summed E-state index contributed by atoms with van der Waals surface area (Å²) < 4.78 is 26.2. The van der Waals surface area contributed by atoms with Gasteiger partial charge in [0.25, 0.3) is 0 Å². The number of aromatic nitrogens is 3. The van der Waals surface area contributed by atoms with Crippen LogP contribution in [0.1, 0.15) is 67.6 Å². The highest BCUT2D eigenvalue weighted by Crippen LogP contribution is 2.61. The Hall–Kier alpha value is -7.35. The number of aromatic amines is 1. The summed E-state index contributed by atoms with van der Waals surface area (Å²) in [5.41, 5.74) is 7.25. The molecule has 5 atom stereocenters. The first-order valence-electron chi connectivity index (χ1n) is 21.3. The second-order valence-electron chi connectivity index (χ2n) is 17.5. The molecule has 4 aromatic carbocycles. The molecule has 7 heterocycles. The monoisotopic (exact) mass is 843 g/mol. The number of amides is 3. The zero-order valence-corrected chi connectivity index (χ0v) is 35.3. The molecule has 11 rings (SSSR count). The maximum absolute atomic E-state index is 14.7. The number of nitrogens with zero attached hydrogens (tertiary/aromatic N) is 3. The number of likely N-dealkylation sites (N-methyl/N-ethyl adjacent to an activating group) is 1. The van der Waals surface area contributed by atoms with Gasteiger partial charge in [0, 0.05) is 58.5 Å². The lowest BCUT2D eigenvalue weighted by Gasteiger charge is -2.32. The van der Waals surface area contributed by atoms with Crippen LogP contribution in [0, 0.1) is 11.8 Å². The van der Waals surface area contributed by atoms with E-state index in [1.807, 2.05) is 94.6 Å². The Bertz CT molecular complexity index is 2990. The van der Waals surface area contributed by atoms with Crippen LogP contribution in [0.15, 0.2) is 106 Å². The molecule has 7 aromatic rings. The van der Waals surface area contributed by atoms with E-state index >= 15 is 0 Å². The molecular weight excluding hydrogens is 799 g/mol. The molecule has 4 N–H and O–H groups in total. The summed E-state index contributed by atoms with van der Waals surface area (Å²) in [6.45, 7) is 7.69. The van der Waals surface area contributed by atoms with E-state index in [1.54, 1.807) is 6.20 Å². The van der Waals surface area contributed by atoms with Gasteiger partial charge in [0.2, 0.25) is 23.6 Å². The van der Waals surface area contributed by atoms with Crippen molar-refractivity contribution in [1.29, 1.82) is 0 Å². The van der Waals surface area contributed by atoms with Gasteiger partial charge in [-0.2, -0.15) is 0 Å². The van der Waals surface area contributed by atoms with E-state index in [1.165, 1.54) is 11.9 Å². The van der Waals surface area contributed by atoms with Crippen molar-refractivity contribution in [2.24, 2.45) is 11.8 Å². The fourth-order valence-electron chi connectivity index (χ4n) is 9.98. The minimum absolute atomic E-state index is 0.0505. The van der Waals surface area contributed by atoms with Crippen LogP contribution in [-0.2, 0) is 32.8 Å². The van der Waals surface area contributed by atoms with E-state index in [-0.39, 0.29) is 36.6 Å². The van der Waals surface area contributed by atoms with Gasteiger partial charge in [-0.25, -0.2) is 14.8 Å². The molecule has 0 radical (unpaired) electrons. The molecular formula is C49H45N7O7. The number of ether oxygens (including phenoxy) is 2. The van der Waals surface area contributed by atoms with Gasteiger partial charge in [-0.1, -0.05) is 100 Å². The lowest BCUT2D eigenvalue weighted by atomic mass is 9.72. The summed E-state index contributed by atoms with van der Waals surface area (Å²) in [4.78, 5) is 57.2. The Morgan fingerprint density at radius 2 is 1.75 bits per heavy atom. The summed E-state index contributed by atoms with van der Waals surface area (Å²) in [5, 5.41) is 11.0. The van der Waals surface area contributed by atoms with Crippen LogP contribution in [-0.4, -0.2) is 63.1 Å². The Morgan fingerprint density at radius 1 is 0.937 bits per heavy atom. The van der Waals surface area contributed by atoms with Gasteiger partial charge in [-0.15, -0.1) is 0 Å². The standard InChI is InChI=1S/C49H45N7O7/c1-24(2)38-46-54-40-42(63-46)49-31-15-9-14-29(28-13-10-16-33-37(28)30(21-50-33)36-22-51-45(40)61-36)39(31)55-47(49)62-35-18-17-27(19-32(35)49)20-34(43(57)53-38)52-44(58)41(25(3)4)56(5)48(59)60-23-26-11-7-6-8-12-26/h6-19,21-22,24-25,34,38,41,47,50,55H,20,23H2,1-5H3,(H,52,58)(H,53,57)/t34-,38-,41-,47?,49?/m0/s1. The number of carbonyl (C=O) groups excluding carboxylic acids is 3. The number of rotatable bonds is 7. The Labute approximate surface area is 362 Å². The minimum atomic E-state index is -1.10. The number of H-pyrrole nitrogens is 1. The number of oxazole rings is 2. The van der Waals surface area contributed by atoms with Crippen LogP contribution >= 0.6 is 0 Å². The van der Waals surface area contributed by atoms with Crippen molar-refractivity contribution in [3.8, 4) is 39.8 Å². The lowest BCUT2D eigenvalue weighted by Crippen LogP contribution is -2.56. The van der Waals surface area contributed by atoms with Crippen molar-refractivity contribution in [2.75, 3.05) is 12.4 Å². The third kappa shape index (κ3) is 5.87. The number of nitrogens with one attached hydrogen (secondary N) is 4. The molecule has 4 aliphatic heterocycles. The normalized spacial score (nSPS) is 20.5.